The van der Waals surface area contributed by atoms with Gasteiger partial charge in [0.15, 0.2) is 5.11 Å². The summed E-state index contributed by atoms with van der Waals surface area (Å²) in [5, 5.41) is 17.5. The first-order valence-electron chi connectivity index (χ1n) is 12.0. The van der Waals surface area contributed by atoms with Crippen LogP contribution in [-0.2, 0) is 24.2 Å². The first-order chi connectivity index (χ1) is 19.0. The number of H-pyrrole nitrogens is 1. The molecule has 0 fully saturated rings. The van der Waals surface area contributed by atoms with Crippen molar-refractivity contribution in [3.8, 4) is 6.07 Å². The number of furan rings is 1. The van der Waals surface area contributed by atoms with E-state index in [0.29, 0.717) is 23.9 Å². The van der Waals surface area contributed by atoms with Gasteiger partial charge in [0, 0.05) is 24.2 Å². The quantitative estimate of drug-likeness (QED) is 0.245. The molecule has 4 rings (SSSR count). The zero-order valence-corrected chi connectivity index (χ0v) is 22.3. The Labute approximate surface area is 233 Å². The Morgan fingerprint density at radius 3 is 2.50 bits per heavy atom. The SMILES string of the molecule is CN(CCc1coc2ccc(N(CCc3ccccc3)C(N)=S)cc12)Cc1ncc(C#N)[nH]1.O=C(O)C(F)(F)F. The Bertz CT molecular complexity index is 1480. The van der Waals surface area contributed by atoms with E-state index in [1.807, 2.05) is 48.5 Å². The molecular formula is C27H27F3N6O3S. The largest absolute Gasteiger partial charge is 0.490 e. The van der Waals surface area contributed by atoms with Crippen molar-refractivity contribution >= 4 is 40.0 Å². The number of benzene rings is 2. The predicted molar refractivity (Wildman–Crippen MR) is 148 cm³/mol. The van der Waals surface area contributed by atoms with Crippen LogP contribution in [0.25, 0.3) is 11.0 Å². The average Bonchev–Trinajstić information content (AvgIpc) is 3.54. The van der Waals surface area contributed by atoms with Crippen LogP contribution in [0.1, 0.15) is 22.6 Å². The second-order valence-electron chi connectivity index (χ2n) is 8.81. The normalized spacial score (nSPS) is 11.1. The molecule has 2 heterocycles. The van der Waals surface area contributed by atoms with Gasteiger partial charge in [-0.25, -0.2) is 9.78 Å². The van der Waals surface area contributed by atoms with Crippen LogP contribution in [0.2, 0.25) is 0 Å². The van der Waals surface area contributed by atoms with Gasteiger partial charge in [0.1, 0.15) is 23.2 Å². The van der Waals surface area contributed by atoms with Gasteiger partial charge in [0.05, 0.1) is 19.0 Å². The molecule has 0 bridgehead atoms. The third-order valence-corrected chi connectivity index (χ3v) is 6.08. The predicted octanol–water partition coefficient (Wildman–Crippen LogP) is 4.63. The molecule has 0 atom stereocenters. The van der Waals surface area contributed by atoms with Crippen molar-refractivity contribution in [1.29, 1.82) is 5.26 Å². The van der Waals surface area contributed by atoms with E-state index in [4.69, 9.17) is 37.5 Å². The van der Waals surface area contributed by atoms with Gasteiger partial charge < -0.3 is 25.1 Å². The first kappa shape index (κ1) is 30.1. The number of alkyl halides is 3. The lowest BCUT2D eigenvalue weighted by molar-refractivity contribution is -0.192. The van der Waals surface area contributed by atoms with Crippen LogP contribution < -0.4 is 10.6 Å². The van der Waals surface area contributed by atoms with Crippen molar-refractivity contribution in [3.05, 3.63) is 83.6 Å². The summed E-state index contributed by atoms with van der Waals surface area (Å²) in [5.74, 6) is -1.98. The number of halogens is 3. The number of nitrogens with one attached hydrogen (secondary N) is 1. The van der Waals surface area contributed by atoms with E-state index in [1.54, 1.807) is 6.20 Å². The summed E-state index contributed by atoms with van der Waals surface area (Å²) in [6.07, 6.45) is -0.0485. The fourth-order valence-electron chi connectivity index (χ4n) is 3.83. The van der Waals surface area contributed by atoms with Gasteiger partial charge in [-0.3, -0.25) is 4.90 Å². The summed E-state index contributed by atoms with van der Waals surface area (Å²) in [7, 11) is 2.03. The molecule has 0 aliphatic rings. The molecule has 2 aromatic carbocycles. The van der Waals surface area contributed by atoms with E-state index < -0.39 is 12.1 Å². The maximum atomic E-state index is 10.6. The van der Waals surface area contributed by atoms with Crippen LogP contribution in [0, 0.1) is 11.3 Å². The van der Waals surface area contributed by atoms with Gasteiger partial charge in [-0.2, -0.15) is 18.4 Å². The van der Waals surface area contributed by atoms with Crippen molar-refractivity contribution in [2.24, 2.45) is 5.73 Å². The number of likely N-dealkylation sites (N-methyl/N-ethyl adjacent to an activating group) is 1. The summed E-state index contributed by atoms with van der Waals surface area (Å²) in [6.45, 7) is 2.15. The van der Waals surface area contributed by atoms with Gasteiger partial charge in [-0.05, 0) is 61.4 Å². The number of aromatic amines is 1. The molecule has 2 aromatic heterocycles. The van der Waals surface area contributed by atoms with Crippen molar-refractivity contribution in [2.45, 2.75) is 25.6 Å². The van der Waals surface area contributed by atoms with Gasteiger partial charge in [-0.15, -0.1) is 0 Å². The average molecular weight is 573 g/mol. The third-order valence-electron chi connectivity index (χ3n) is 5.86. The van der Waals surface area contributed by atoms with Crippen LogP contribution in [0.3, 0.4) is 0 Å². The molecule has 0 radical (unpaired) electrons. The second-order valence-corrected chi connectivity index (χ2v) is 9.23. The fraction of sp³-hybridized carbons (Fsp3) is 0.259. The molecule has 9 nitrogen and oxygen atoms in total. The van der Waals surface area contributed by atoms with Crippen molar-refractivity contribution in [3.63, 3.8) is 0 Å². The lowest BCUT2D eigenvalue weighted by Gasteiger charge is -2.23. The smallest absolute Gasteiger partial charge is 0.475 e. The van der Waals surface area contributed by atoms with Crippen LogP contribution in [0.4, 0.5) is 18.9 Å². The van der Waals surface area contributed by atoms with Crippen LogP contribution in [-0.4, -0.2) is 57.4 Å². The Morgan fingerprint density at radius 1 is 1.20 bits per heavy atom. The number of nitrogens with zero attached hydrogens (tertiary/aromatic N) is 4. The monoisotopic (exact) mass is 572 g/mol. The number of thiocarbonyl (C=S) groups is 1. The molecule has 0 aliphatic carbocycles. The molecule has 13 heteroatoms. The van der Waals surface area contributed by atoms with E-state index >= 15 is 0 Å². The number of aromatic nitrogens is 2. The van der Waals surface area contributed by atoms with E-state index in [1.165, 1.54) is 5.56 Å². The number of carboxylic acid groups (broad SMARTS) is 1. The van der Waals surface area contributed by atoms with Crippen LogP contribution in [0.5, 0.6) is 0 Å². The molecule has 4 N–H and O–H groups in total. The number of aliphatic carboxylic acids is 1. The number of imidazole rings is 1. The highest BCUT2D eigenvalue weighted by molar-refractivity contribution is 7.80. The number of hydrogen-bond acceptors (Lipinski definition) is 6. The minimum Gasteiger partial charge on any atom is -0.475 e. The van der Waals surface area contributed by atoms with E-state index in [9.17, 15) is 13.2 Å². The Morgan fingerprint density at radius 2 is 1.90 bits per heavy atom. The van der Waals surface area contributed by atoms with Crippen molar-refractivity contribution < 1.29 is 27.5 Å². The molecule has 40 heavy (non-hydrogen) atoms. The second kappa shape index (κ2) is 13.6. The lowest BCUT2D eigenvalue weighted by Crippen LogP contribution is -2.37. The standard InChI is InChI=1S/C25H26N6OS.C2HF3O2/c1-30(16-24-28-15-20(14-26)29-24)11-10-19-17-32-23-8-7-21(13-22(19)23)31(25(27)33)12-9-18-5-3-2-4-6-18;3-2(4,5)1(6)7/h2-8,13,15,17H,9-12,16H2,1H3,(H2,27,33)(H,28,29);(H,6,7). The summed E-state index contributed by atoms with van der Waals surface area (Å²) >= 11 is 5.35. The summed E-state index contributed by atoms with van der Waals surface area (Å²) in [5.41, 5.74) is 10.7. The van der Waals surface area contributed by atoms with Gasteiger partial charge in [-0.1, -0.05) is 30.3 Å². The number of fused-ring (bicyclic) bond motifs is 1. The third kappa shape index (κ3) is 8.55. The van der Waals surface area contributed by atoms with Gasteiger partial charge >= 0.3 is 12.1 Å². The molecule has 0 unspecified atom stereocenters. The van der Waals surface area contributed by atoms with Gasteiger partial charge in [0.25, 0.3) is 0 Å². The topological polar surface area (TPSA) is 135 Å². The number of carboxylic acids is 1. The van der Waals surface area contributed by atoms with Crippen molar-refractivity contribution in [1.82, 2.24) is 14.9 Å². The van der Waals surface area contributed by atoms with Crippen LogP contribution >= 0.6 is 12.2 Å². The zero-order valence-electron chi connectivity index (χ0n) is 21.5. The molecule has 210 valence electrons. The molecule has 0 saturated heterocycles. The molecular weight excluding hydrogens is 545 g/mol. The Kier molecular flexibility index (Phi) is 10.2. The molecule has 0 amide bonds. The van der Waals surface area contributed by atoms with Crippen LogP contribution in [0.15, 0.2) is 65.4 Å². The first-order valence-corrected chi connectivity index (χ1v) is 12.4. The Balaban J connectivity index is 0.000000559. The lowest BCUT2D eigenvalue weighted by atomic mass is 10.1. The molecule has 0 aliphatic heterocycles. The zero-order chi connectivity index (χ0) is 29.3. The minimum absolute atomic E-state index is 0.352. The minimum atomic E-state index is -5.08. The molecule has 0 spiro atoms. The van der Waals surface area contributed by atoms with E-state index in [2.05, 4.69) is 39.1 Å². The molecule has 4 aromatic rings. The number of hydrogen-bond donors (Lipinski definition) is 3. The highest BCUT2D eigenvalue weighted by Crippen LogP contribution is 2.27. The number of anilines is 1. The molecule has 0 saturated carbocycles. The summed E-state index contributed by atoms with van der Waals surface area (Å²) in [4.78, 5) is 20.3. The number of rotatable bonds is 9. The van der Waals surface area contributed by atoms with E-state index in [-0.39, 0.29) is 0 Å². The number of nitriles is 1. The number of carbonyl (C=O) groups is 1. The highest BCUT2D eigenvalue weighted by atomic mass is 32.1. The maximum absolute atomic E-state index is 10.6. The van der Waals surface area contributed by atoms with E-state index in [0.717, 1.165) is 47.4 Å². The van der Waals surface area contributed by atoms with Gasteiger partial charge in [0.2, 0.25) is 0 Å². The summed E-state index contributed by atoms with van der Waals surface area (Å²) in [6, 6.07) is 18.4. The van der Waals surface area contributed by atoms with Crippen molar-refractivity contribution in [2.75, 3.05) is 25.0 Å². The highest BCUT2D eigenvalue weighted by Gasteiger charge is 2.38. The number of nitrogens with two attached hydrogens (primary N) is 1. The Hall–Kier alpha value is -4.41. The summed E-state index contributed by atoms with van der Waals surface area (Å²) < 4.78 is 37.5. The maximum Gasteiger partial charge on any atom is 0.490 e. The fourth-order valence-corrected chi connectivity index (χ4v) is 4.03.